The van der Waals surface area contributed by atoms with Crippen molar-refractivity contribution in [3.8, 4) is 0 Å². The molecule has 0 N–H and O–H groups in total. The third-order valence-corrected chi connectivity index (χ3v) is 4.01. The van der Waals surface area contributed by atoms with Gasteiger partial charge in [-0.2, -0.15) is 12.7 Å². The summed E-state index contributed by atoms with van der Waals surface area (Å²) in [6.07, 6.45) is 1.82. The Hall–Kier alpha value is 0.200. The molecule has 0 amide bonds. The van der Waals surface area contributed by atoms with Crippen LogP contribution in [0.4, 0.5) is 0 Å². The summed E-state index contributed by atoms with van der Waals surface area (Å²) >= 11 is 0. The molecule has 1 heterocycles. The van der Waals surface area contributed by atoms with Crippen LogP contribution < -0.4 is 0 Å². The van der Waals surface area contributed by atoms with E-state index in [-0.39, 0.29) is 11.5 Å². The summed E-state index contributed by atoms with van der Waals surface area (Å²) in [7, 11) is 1.81. The van der Waals surface area contributed by atoms with Gasteiger partial charge in [0.05, 0.1) is 0 Å². The number of halogens is 1. The van der Waals surface area contributed by atoms with Gasteiger partial charge in [0, 0.05) is 23.3 Å². The molecule has 0 spiro atoms. The molecular formula is C8H16ClNO2S. The molecule has 0 aromatic rings. The van der Waals surface area contributed by atoms with Crippen molar-refractivity contribution in [2.45, 2.75) is 39.7 Å². The quantitative estimate of drug-likeness (QED) is 0.640. The van der Waals surface area contributed by atoms with Gasteiger partial charge in [-0.1, -0.05) is 20.8 Å². The van der Waals surface area contributed by atoms with Crippen LogP contribution in [0, 0.1) is 5.41 Å². The molecule has 1 rings (SSSR count). The lowest BCUT2D eigenvalue weighted by molar-refractivity contribution is 0.218. The molecule has 0 radical (unpaired) electrons. The van der Waals surface area contributed by atoms with Crippen LogP contribution in [-0.2, 0) is 9.24 Å². The van der Waals surface area contributed by atoms with Crippen LogP contribution in [0.25, 0.3) is 0 Å². The van der Waals surface area contributed by atoms with Crippen LogP contribution in [0.2, 0.25) is 0 Å². The van der Waals surface area contributed by atoms with Crippen LogP contribution >= 0.6 is 10.7 Å². The molecule has 5 heteroatoms. The first kappa shape index (κ1) is 11.3. The van der Waals surface area contributed by atoms with E-state index in [1.54, 1.807) is 0 Å². The smallest absolute Gasteiger partial charge is 0.195 e. The van der Waals surface area contributed by atoms with E-state index in [9.17, 15) is 8.42 Å². The first-order chi connectivity index (χ1) is 5.73. The van der Waals surface area contributed by atoms with Gasteiger partial charge in [0.1, 0.15) is 0 Å². The zero-order chi connectivity index (χ0) is 10.3. The highest BCUT2D eigenvalue weighted by molar-refractivity contribution is 8.11. The summed E-state index contributed by atoms with van der Waals surface area (Å²) in [6.45, 7) is 6.68. The fourth-order valence-electron chi connectivity index (χ4n) is 1.87. The summed E-state index contributed by atoms with van der Waals surface area (Å²) in [5.41, 5.74) is -0.0293. The van der Waals surface area contributed by atoms with E-state index < -0.39 is 9.24 Å². The largest absolute Gasteiger partial charge is 0.300 e. The zero-order valence-corrected chi connectivity index (χ0v) is 9.82. The number of hydrogen-bond donors (Lipinski definition) is 0. The number of rotatable bonds is 1. The van der Waals surface area contributed by atoms with Gasteiger partial charge >= 0.3 is 0 Å². The summed E-state index contributed by atoms with van der Waals surface area (Å²) in [5.74, 6) is 0. The average molecular weight is 226 g/mol. The monoisotopic (exact) mass is 225 g/mol. The van der Waals surface area contributed by atoms with Gasteiger partial charge in [0.2, 0.25) is 0 Å². The normalized spacial score (nSPS) is 26.6. The van der Waals surface area contributed by atoms with Crippen molar-refractivity contribution in [2.75, 3.05) is 6.54 Å². The predicted molar refractivity (Wildman–Crippen MR) is 54.0 cm³/mol. The molecule has 0 aromatic carbocycles. The van der Waals surface area contributed by atoms with Gasteiger partial charge in [0.25, 0.3) is 9.24 Å². The van der Waals surface area contributed by atoms with E-state index in [1.165, 1.54) is 4.31 Å². The molecule has 0 aromatic heterocycles. The standard InChI is InChI=1S/C8H16ClNO2S/c1-8(2,3)7-5-4-6-10(7)13(9,11)12/h7H,4-6H2,1-3H3. The maximum Gasteiger partial charge on any atom is 0.300 e. The lowest BCUT2D eigenvalue weighted by Gasteiger charge is -2.32. The van der Waals surface area contributed by atoms with Crippen molar-refractivity contribution in [1.82, 2.24) is 4.31 Å². The Morgan fingerprint density at radius 3 is 2.23 bits per heavy atom. The molecule has 1 saturated heterocycles. The summed E-state index contributed by atoms with van der Waals surface area (Å²) in [5, 5.41) is 0. The molecule has 1 aliphatic rings. The van der Waals surface area contributed by atoms with E-state index >= 15 is 0 Å². The van der Waals surface area contributed by atoms with E-state index in [0.717, 1.165) is 12.8 Å². The Bertz CT molecular complexity index is 281. The van der Waals surface area contributed by atoms with Crippen molar-refractivity contribution in [1.29, 1.82) is 0 Å². The Balaban J connectivity index is 2.89. The van der Waals surface area contributed by atoms with Gasteiger partial charge in [-0.25, -0.2) is 0 Å². The third-order valence-electron chi connectivity index (χ3n) is 2.48. The van der Waals surface area contributed by atoms with E-state index in [0.29, 0.717) is 6.54 Å². The first-order valence-electron chi connectivity index (χ1n) is 4.44. The molecule has 3 nitrogen and oxygen atoms in total. The minimum Gasteiger partial charge on any atom is -0.195 e. The maximum absolute atomic E-state index is 11.2. The molecule has 1 fully saturated rings. The first-order valence-corrected chi connectivity index (χ1v) is 6.71. The lowest BCUT2D eigenvalue weighted by atomic mass is 9.86. The van der Waals surface area contributed by atoms with Gasteiger partial charge < -0.3 is 0 Å². The summed E-state index contributed by atoms with van der Waals surface area (Å²) in [6, 6.07) is 0.0509. The highest BCUT2D eigenvalue weighted by atomic mass is 35.7. The predicted octanol–water partition coefficient (Wildman–Crippen LogP) is 1.98. The lowest BCUT2D eigenvalue weighted by Crippen LogP contribution is -2.40. The molecule has 0 saturated carbocycles. The number of nitrogens with zero attached hydrogens (tertiary/aromatic N) is 1. The number of hydrogen-bond acceptors (Lipinski definition) is 2. The molecule has 1 unspecified atom stereocenters. The van der Waals surface area contributed by atoms with Gasteiger partial charge in [-0.3, -0.25) is 0 Å². The Kier molecular flexibility index (Phi) is 2.95. The van der Waals surface area contributed by atoms with Crippen molar-refractivity contribution in [3.63, 3.8) is 0 Å². The Morgan fingerprint density at radius 1 is 1.38 bits per heavy atom. The van der Waals surface area contributed by atoms with Crippen molar-refractivity contribution in [3.05, 3.63) is 0 Å². The van der Waals surface area contributed by atoms with Crippen molar-refractivity contribution < 1.29 is 8.42 Å². The molecule has 1 aliphatic heterocycles. The summed E-state index contributed by atoms with van der Waals surface area (Å²) in [4.78, 5) is 0. The molecule has 0 bridgehead atoms. The minimum atomic E-state index is -3.53. The SMILES string of the molecule is CC(C)(C)C1CCCN1S(=O)(=O)Cl. The van der Waals surface area contributed by atoms with E-state index in [2.05, 4.69) is 0 Å². The second-order valence-electron chi connectivity index (χ2n) is 4.58. The van der Waals surface area contributed by atoms with Crippen molar-refractivity contribution in [2.24, 2.45) is 5.41 Å². The van der Waals surface area contributed by atoms with Crippen LogP contribution in [0.15, 0.2) is 0 Å². The Labute approximate surface area is 84.6 Å². The van der Waals surface area contributed by atoms with Crippen LogP contribution in [0.3, 0.4) is 0 Å². The average Bonchev–Trinajstić information content (AvgIpc) is 2.27. The van der Waals surface area contributed by atoms with Gasteiger partial charge in [-0.05, 0) is 18.3 Å². The van der Waals surface area contributed by atoms with Crippen LogP contribution in [0.5, 0.6) is 0 Å². The second-order valence-corrected chi connectivity index (χ2v) is 7.04. The van der Waals surface area contributed by atoms with Crippen LogP contribution in [-0.4, -0.2) is 25.3 Å². The van der Waals surface area contributed by atoms with Crippen LogP contribution in [0.1, 0.15) is 33.6 Å². The zero-order valence-electron chi connectivity index (χ0n) is 8.25. The third kappa shape index (κ3) is 2.58. The van der Waals surface area contributed by atoms with Gasteiger partial charge in [-0.15, -0.1) is 0 Å². The fourth-order valence-corrected chi connectivity index (χ4v) is 3.43. The second kappa shape index (κ2) is 3.41. The van der Waals surface area contributed by atoms with E-state index in [4.69, 9.17) is 10.7 Å². The van der Waals surface area contributed by atoms with Crippen molar-refractivity contribution >= 4 is 19.9 Å². The molecule has 78 valence electrons. The van der Waals surface area contributed by atoms with E-state index in [1.807, 2.05) is 20.8 Å². The molecule has 1 atom stereocenters. The Morgan fingerprint density at radius 2 is 1.92 bits per heavy atom. The highest BCUT2D eigenvalue weighted by Crippen LogP contribution is 2.35. The topological polar surface area (TPSA) is 37.4 Å². The molecular weight excluding hydrogens is 210 g/mol. The summed E-state index contributed by atoms with van der Waals surface area (Å²) < 4.78 is 23.8. The maximum atomic E-state index is 11.2. The molecule has 0 aliphatic carbocycles. The fraction of sp³-hybridized carbons (Fsp3) is 1.00. The van der Waals surface area contributed by atoms with Gasteiger partial charge in [0.15, 0.2) is 0 Å². The highest BCUT2D eigenvalue weighted by Gasteiger charge is 2.39. The minimum absolute atomic E-state index is 0.0293. The molecule has 13 heavy (non-hydrogen) atoms.